The molecule has 3 N–H and O–H groups in total. The molecule has 1 spiro atoms. The van der Waals surface area contributed by atoms with Crippen LogP contribution in [0.3, 0.4) is 0 Å². The third-order valence-electron chi connectivity index (χ3n) is 6.98. The van der Waals surface area contributed by atoms with Gasteiger partial charge in [-0.2, -0.15) is 0 Å². The van der Waals surface area contributed by atoms with Crippen molar-refractivity contribution in [1.82, 2.24) is 0 Å². The van der Waals surface area contributed by atoms with Crippen molar-refractivity contribution in [1.29, 1.82) is 5.41 Å². The molecule has 1 aliphatic heterocycles. The van der Waals surface area contributed by atoms with Crippen LogP contribution in [0.15, 0.2) is 35.5 Å². The van der Waals surface area contributed by atoms with Gasteiger partial charge in [-0.1, -0.05) is 26.0 Å². The molecule has 26 heavy (non-hydrogen) atoms. The minimum atomic E-state index is -0.471. The van der Waals surface area contributed by atoms with Crippen LogP contribution in [0.1, 0.15) is 45.1 Å². The molecule has 1 heterocycles. The van der Waals surface area contributed by atoms with Gasteiger partial charge in [0.05, 0.1) is 18.9 Å². The number of hydrogen-bond donors (Lipinski definition) is 2. The van der Waals surface area contributed by atoms with Crippen molar-refractivity contribution in [2.75, 3.05) is 13.2 Å². The van der Waals surface area contributed by atoms with E-state index in [0.29, 0.717) is 31.1 Å². The number of rotatable bonds is 2. The van der Waals surface area contributed by atoms with E-state index in [-0.39, 0.29) is 22.9 Å². The van der Waals surface area contributed by atoms with Crippen molar-refractivity contribution in [2.24, 2.45) is 23.0 Å². The van der Waals surface area contributed by atoms with E-state index >= 15 is 0 Å². The molecule has 0 aromatic heterocycles. The van der Waals surface area contributed by atoms with Crippen LogP contribution in [0.5, 0.6) is 0 Å². The lowest BCUT2D eigenvalue weighted by Gasteiger charge is -2.54. The molecule has 0 amide bonds. The van der Waals surface area contributed by atoms with E-state index < -0.39 is 5.79 Å². The molecule has 1 saturated carbocycles. The second-order valence-corrected chi connectivity index (χ2v) is 8.11. The summed E-state index contributed by atoms with van der Waals surface area (Å²) in [5, 5.41) is 8.57. The van der Waals surface area contributed by atoms with Gasteiger partial charge in [0, 0.05) is 29.0 Å². The first-order chi connectivity index (χ1) is 12.4. The normalized spacial score (nSPS) is 33.3. The van der Waals surface area contributed by atoms with Gasteiger partial charge in [0.2, 0.25) is 0 Å². The molecule has 1 aromatic rings. The van der Waals surface area contributed by atoms with Crippen molar-refractivity contribution < 1.29 is 13.9 Å². The van der Waals surface area contributed by atoms with Crippen molar-refractivity contribution in [3.8, 4) is 0 Å². The maximum absolute atomic E-state index is 14.2. The minimum absolute atomic E-state index is 0.203. The Bertz CT molecular complexity index is 769. The molecular weight excluding hydrogens is 331 g/mol. The second-order valence-electron chi connectivity index (χ2n) is 8.11. The molecule has 0 unspecified atom stereocenters. The fourth-order valence-corrected chi connectivity index (χ4v) is 5.35. The van der Waals surface area contributed by atoms with E-state index in [1.54, 1.807) is 18.2 Å². The number of benzene rings is 1. The van der Waals surface area contributed by atoms with Gasteiger partial charge in [-0.15, -0.1) is 0 Å². The molecule has 4 nitrogen and oxygen atoms in total. The molecule has 2 fully saturated rings. The van der Waals surface area contributed by atoms with Crippen molar-refractivity contribution in [2.45, 2.75) is 45.3 Å². The van der Waals surface area contributed by atoms with E-state index in [2.05, 4.69) is 13.8 Å². The van der Waals surface area contributed by atoms with Gasteiger partial charge in [0.15, 0.2) is 5.79 Å². The Morgan fingerprint density at radius 2 is 1.92 bits per heavy atom. The number of hydrogen-bond acceptors (Lipinski definition) is 4. The molecule has 140 valence electrons. The SMILES string of the molecule is C[C@@H]1[C@H]2CCC(C(=N)c3ccccc3F)=C(N)[C@]2(C)CCC12OCCO2. The summed E-state index contributed by atoms with van der Waals surface area (Å²) in [7, 11) is 0. The van der Waals surface area contributed by atoms with Crippen LogP contribution in [0, 0.1) is 28.5 Å². The quantitative estimate of drug-likeness (QED) is 0.785. The van der Waals surface area contributed by atoms with Crippen molar-refractivity contribution in [3.63, 3.8) is 0 Å². The number of allylic oxidation sites excluding steroid dienone is 2. The van der Waals surface area contributed by atoms with Gasteiger partial charge >= 0.3 is 0 Å². The van der Waals surface area contributed by atoms with Gasteiger partial charge in [-0.25, -0.2) is 4.39 Å². The van der Waals surface area contributed by atoms with Gasteiger partial charge in [0.25, 0.3) is 0 Å². The highest BCUT2D eigenvalue weighted by Crippen LogP contribution is 2.58. The lowest BCUT2D eigenvalue weighted by molar-refractivity contribution is -0.239. The van der Waals surface area contributed by atoms with E-state index in [4.69, 9.17) is 20.6 Å². The number of ether oxygens (including phenoxy) is 2. The highest BCUT2D eigenvalue weighted by atomic mass is 19.1. The maximum atomic E-state index is 14.2. The third-order valence-corrected chi connectivity index (χ3v) is 6.98. The summed E-state index contributed by atoms with van der Waals surface area (Å²) in [6.07, 6.45) is 3.28. The second kappa shape index (κ2) is 6.17. The van der Waals surface area contributed by atoms with E-state index in [9.17, 15) is 4.39 Å². The van der Waals surface area contributed by atoms with Crippen LogP contribution in [0.25, 0.3) is 0 Å². The Morgan fingerprint density at radius 3 is 2.62 bits per heavy atom. The van der Waals surface area contributed by atoms with Crippen LogP contribution >= 0.6 is 0 Å². The van der Waals surface area contributed by atoms with Crippen LogP contribution in [0.4, 0.5) is 4.39 Å². The molecule has 5 heteroatoms. The summed E-state index contributed by atoms with van der Waals surface area (Å²) in [6, 6.07) is 6.46. The van der Waals surface area contributed by atoms with Crippen LogP contribution < -0.4 is 5.73 Å². The highest BCUT2D eigenvalue weighted by molar-refractivity contribution is 6.11. The first kappa shape index (κ1) is 17.7. The Hall–Kier alpha value is -1.72. The summed E-state index contributed by atoms with van der Waals surface area (Å²) in [5.41, 5.74) is 8.54. The average Bonchev–Trinajstić information content (AvgIpc) is 3.11. The summed E-state index contributed by atoms with van der Waals surface area (Å²) in [4.78, 5) is 0. The van der Waals surface area contributed by atoms with Gasteiger partial charge in [-0.05, 0) is 42.9 Å². The fourth-order valence-electron chi connectivity index (χ4n) is 5.35. The zero-order valence-electron chi connectivity index (χ0n) is 15.5. The lowest BCUT2D eigenvalue weighted by Crippen LogP contribution is -2.54. The summed E-state index contributed by atoms with van der Waals surface area (Å²) >= 11 is 0. The first-order valence-corrected chi connectivity index (χ1v) is 9.50. The molecule has 3 atom stereocenters. The lowest BCUT2D eigenvalue weighted by atomic mass is 9.55. The molecule has 1 aromatic carbocycles. The molecular formula is C21H27FN2O2. The van der Waals surface area contributed by atoms with Crippen molar-refractivity contribution >= 4 is 5.71 Å². The topological polar surface area (TPSA) is 68.3 Å². The molecule has 4 rings (SSSR count). The average molecular weight is 358 g/mol. The van der Waals surface area contributed by atoms with E-state index in [0.717, 1.165) is 30.5 Å². The highest BCUT2D eigenvalue weighted by Gasteiger charge is 2.57. The molecule has 2 aliphatic carbocycles. The molecule has 3 aliphatic rings. The summed E-state index contributed by atoms with van der Waals surface area (Å²) < 4.78 is 26.2. The molecule has 1 saturated heterocycles. The minimum Gasteiger partial charge on any atom is -0.401 e. The number of nitrogens with two attached hydrogens (primary N) is 1. The predicted molar refractivity (Wildman–Crippen MR) is 98.3 cm³/mol. The van der Waals surface area contributed by atoms with Crippen molar-refractivity contribution in [3.05, 3.63) is 46.9 Å². The fraction of sp³-hybridized carbons (Fsp3) is 0.571. The smallest absolute Gasteiger partial charge is 0.171 e. The zero-order chi connectivity index (χ0) is 18.5. The largest absolute Gasteiger partial charge is 0.401 e. The van der Waals surface area contributed by atoms with Gasteiger partial charge in [-0.3, -0.25) is 5.41 Å². The van der Waals surface area contributed by atoms with Crippen LogP contribution in [-0.4, -0.2) is 24.7 Å². The van der Waals surface area contributed by atoms with Gasteiger partial charge < -0.3 is 15.2 Å². The molecule has 0 bridgehead atoms. The summed E-state index contributed by atoms with van der Waals surface area (Å²) in [5.74, 6) is -0.257. The van der Waals surface area contributed by atoms with E-state index in [1.165, 1.54) is 6.07 Å². The van der Waals surface area contributed by atoms with Crippen LogP contribution in [0.2, 0.25) is 0 Å². The third kappa shape index (κ3) is 2.44. The Balaban J connectivity index is 1.69. The van der Waals surface area contributed by atoms with E-state index in [1.807, 2.05) is 0 Å². The maximum Gasteiger partial charge on any atom is 0.171 e. The number of fused-ring (bicyclic) bond motifs is 1. The number of halogens is 1. The Morgan fingerprint density at radius 1 is 1.23 bits per heavy atom. The standard InChI is InChI=1S/C21H27FN2O2/c1-13-16-8-7-15(18(23)14-5-3-4-6-17(14)22)19(24)20(16,2)9-10-21(13)25-11-12-26-21/h3-6,13,16,23H,7-12,24H2,1-2H3/t13-,16-,20-/m1/s1. The Labute approximate surface area is 154 Å². The predicted octanol–water partition coefficient (Wildman–Crippen LogP) is 4.00. The number of nitrogens with one attached hydrogen (secondary N) is 1. The monoisotopic (exact) mass is 358 g/mol. The van der Waals surface area contributed by atoms with Gasteiger partial charge in [0.1, 0.15) is 5.82 Å². The Kier molecular flexibility index (Phi) is 4.20. The zero-order valence-corrected chi connectivity index (χ0v) is 15.5. The van der Waals surface area contributed by atoms with Crippen LogP contribution in [-0.2, 0) is 9.47 Å². The summed E-state index contributed by atoms with van der Waals surface area (Å²) in [6.45, 7) is 5.71. The molecule has 0 radical (unpaired) electrons. The first-order valence-electron chi connectivity index (χ1n) is 9.50.